The first kappa shape index (κ1) is 18.4. The molecule has 0 radical (unpaired) electrons. The van der Waals surface area contributed by atoms with Gasteiger partial charge in [-0.1, -0.05) is 43.2 Å². The van der Waals surface area contributed by atoms with Crippen molar-refractivity contribution >= 4 is 22.6 Å². The zero-order chi connectivity index (χ0) is 19.2. The molecule has 1 aliphatic carbocycles. The summed E-state index contributed by atoms with van der Waals surface area (Å²) in [7, 11) is 0. The third-order valence-electron chi connectivity index (χ3n) is 5.23. The Labute approximate surface area is 158 Å². The van der Waals surface area contributed by atoms with Gasteiger partial charge in [-0.15, -0.1) is 0 Å². The summed E-state index contributed by atoms with van der Waals surface area (Å²) in [5.74, 6) is 0.632. The maximum Gasteiger partial charge on any atom is 0.416 e. The molecule has 4 rings (SSSR count). The highest BCUT2D eigenvalue weighted by Crippen LogP contribution is 2.45. The van der Waals surface area contributed by atoms with Crippen LogP contribution >= 0.6 is 11.8 Å². The van der Waals surface area contributed by atoms with Crippen LogP contribution in [-0.4, -0.2) is 14.8 Å². The number of H-pyrrole nitrogens is 1. The molecule has 1 aromatic heterocycles. The minimum Gasteiger partial charge on any atom is -0.268 e. The lowest BCUT2D eigenvalue weighted by Gasteiger charge is -2.26. The molecule has 0 saturated heterocycles. The summed E-state index contributed by atoms with van der Waals surface area (Å²) >= 11 is 1.41. The number of hydrogen-bond acceptors (Lipinski definition) is 3. The van der Waals surface area contributed by atoms with Crippen LogP contribution in [-0.2, 0) is 6.18 Å². The number of aromatic nitrogens is 2. The van der Waals surface area contributed by atoms with E-state index in [0.717, 1.165) is 42.9 Å². The van der Waals surface area contributed by atoms with Gasteiger partial charge in [-0.2, -0.15) is 13.2 Å². The summed E-state index contributed by atoms with van der Waals surface area (Å²) in [6.45, 7) is 1.87. The Morgan fingerprint density at radius 3 is 2.44 bits per heavy atom. The lowest BCUT2D eigenvalue weighted by atomic mass is 9.95. The summed E-state index contributed by atoms with van der Waals surface area (Å²) in [5.41, 5.74) is 0.321. The highest BCUT2D eigenvalue weighted by Gasteiger charge is 2.34. The van der Waals surface area contributed by atoms with Crippen molar-refractivity contribution in [1.82, 2.24) is 9.78 Å². The SMILES string of the molecule is CC1=Nc2c(c(=O)[nH]n2C2CCCCC2)C(c2ccc(C(F)(F)F)cc2)S1. The Bertz CT molecular complexity index is 921. The van der Waals surface area contributed by atoms with E-state index in [9.17, 15) is 18.0 Å². The standard InChI is InChI=1S/C19H20F3N3OS/c1-11-23-17-15(18(26)24-25(17)14-5-3-2-4-6-14)16(27-11)12-7-9-13(10-8-12)19(20,21)22/h7-10,14,16H,2-6H2,1H3,(H,24,26). The lowest BCUT2D eigenvalue weighted by Crippen LogP contribution is -2.16. The fraction of sp³-hybridized carbons (Fsp3) is 0.474. The summed E-state index contributed by atoms with van der Waals surface area (Å²) < 4.78 is 40.4. The number of halogens is 3. The molecule has 1 saturated carbocycles. The molecule has 27 heavy (non-hydrogen) atoms. The van der Waals surface area contributed by atoms with Crippen molar-refractivity contribution < 1.29 is 13.2 Å². The van der Waals surface area contributed by atoms with Crippen LogP contribution in [0.5, 0.6) is 0 Å². The van der Waals surface area contributed by atoms with Crippen molar-refractivity contribution in [2.75, 3.05) is 0 Å². The van der Waals surface area contributed by atoms with E-state index in [-0.39, 0.29) is 16.9 Å². The van der Waals surface area contributed by atoms with Crippen LogP contribution in [0.15, 0.2) is 34.1 Å². The topological polar surface area (TPSA) is 50.1 Å². The molecule has 1 atom stereocenters. The zero-order valence-corrected chi connectivity index (χ0v) is 15.7. The van der Waals surface area contributed by atoms with Gasteiger partial charge in [0.25, 0.3) is 5.56 Å². The van der Waals surface area contributed by atoms with Crippen molar-refractivity contribution in [3.63, 3.8) is 0 Å². The zero-order valence-electron chi connectivity index (χ0n) is 14.8. The molecule has 2 aliphatic rings. The second-order valence-corrected chi connectivity index (χ2v) is 8.39. The Hall–Kier alpha value is -1.96. The number of alkyl halides is 3. The van der Waals surface area contributed by atoms with Crippen LogP contribution < -0.4 is 5.56 Å². The first-order valence-electron chi connectivity index (χ1n) is 9.08. The van der Waals surface area contributed by atoms with Crippen molar-refractivity contribution in [2.24, 2.45) is 4.99 Å². The van der Waals surface area contributed by atoms with Crippen molar-refractivity contribution in [3.8, 4) is 0 Å². The molecular weight excluding hydrogens is 375 g/mol. The van der Waals surface area contributed by atoms with Crippen molar-refractivity contribution in [1.29, 1.82) is 0 Å². The quantitative estimate of drug-likeness (QED) is 0.721. The molecule has 0 bridgehead atoms. The predicted molar refractivity (Wildman–Crippen MR) is 101 cm³/mol. The monoisotopic (exact) mass is 395 g/mol. The van der Waals surface area contributed by atoms with E-state index >= 15 is 0 Å². The predicted octanol–water partition coefficient (Wildman–Crippen LogP) is 5.59. The number of rotatable bonds is 2. The van der Waals surface area contributed by atoms with Crippen LogP contribution in [0.1, 0.15) is 67.0 Å². The van der Waals surface area contributed by atoms with Crippen molar-refractivity contribution in [2.45, 2.75) is 56.5 Å². The fourth-order valence-electron chi connectivity index (χ4n) is 3.89. The minimum atomic E-state index is -4.37. The van der Waals surface area contributed by atoms with E-state index in [1.807, 2.05) is 11.6 Å². The van der Waals surface area contributed by atoms with E-state index in [0.29, 0.717) is 16.9 Å². The summed E-state index contributed by atoms with van der Waals surface area (Å²) in [5, 5.41) is 3.39. The van der Waals surface area contributed by atoms with E-state index in [4.69, 9.17) is 0 Å². The summed E-state index contributed by atoms with van der Waals surface area (Å²) in [4.78, 5) is 17.3. The Kier molecular flexibility index (Phi) is 4.70. The molecule has 1 aliphatic heterocycles. The van der Waals surface area contributed by atoms with E-state index < -0.39 is 11.7 Å². The normalized spacial score (nSPS) is 21.0. The van der Waals surface area contributed by atoms with Crippen LogP contribution in [0, 0.1) is 0 Å². The number of fused-ring (bicyclic) bond motifs is 1. The van der Waals surface area contributed by atoms with Gasteiger partial charge in [0.15, 0.2) is 5.82 Å². The number of aromatic amines is 1. The van der Waals surface area contributed by atoms with Gasteiger partial charge in [-0.05, 0) is 37.5 Å². The van der Waals surface area contributed by atoms with Crippen molar-refractivity contribution in [3.05, 3.63) is 51.3 Å². The van der Waals surface area contributed by atoms with E-state index in [1.165, 1.54) is 30.3 Å². The third kappa shape index (κ3) is 3.47. The number of benzene rings is 1. The van der Waals surface area contributed by atoms with Gasteiger partial charge in [-0.3, -0.25) is 14.6 Å². The minimum absolute atomic E-state index is 0.204. The largest absolute Gasteiger partial charge is 0.416 e. The molecule has 1 aromatic carbocycles. The maximum atomic E-state index is 12.9. The molecule has 0 spiro atoms. The highest BCUT2D eigenvalue weighted by molar-refractivity contribution is 8.14. The van der Waals surface area contributed by atoms with Gasteiger partial charge in [0.2, 0.25) is 0 Å². The van der Waals surface area contributed by atoms with Crippen LogP contribution in [0.3, 0.4) is 0 Å². The maximum absolute atomic E-state index is 12.9. The molecule has 1 N–H and O–H groups in total. The molecule has 2 aromatic rings. The number of hydrogen-bond donors (Lipinski definition) is 1. The lowest BCUT2D eigenvalue weighted by molar-refractivity contribution is -0.137. The molecule has 0 amide bonds. The van der Waals surface area contributed by atoms with Gasteiger partial charge in [0.1, 0.15) is 0 Å². The number of aliphatic imine (C=N–C) groups is 1. The molecular formula is C19H20F3N3OS. The average Bonchev–Trinajstić information content (AvgIpc) is 2.98. The molecule has 1 unspecified atom stereocenters. The van der Waals surface area contributed by atoms with Crippen LogP contribution in [0.2, 0.25) is 0 Å². The van der Waals surface area contributed by atoms with Gasteiger partial charge in [0.05, 0.1) is 27.5 Å². The van der Waals surface area contributed by atoms with Crippen LogP contribution in [0.4, 0.5) is 19.0 Å². The van der Waals surface area contributed by atoms with Gasteiger partial charge in [0, 0.05) is 0 Å². The Morgan fingerprint density at radius 2 is 1.81 bits per heavy atom. The fourth-order valence-corrected chi connectivity index (χ4v) is 5.00. The second kappa shape index (κ2) is 6.89. The first-order valence-corrected chi connectivity index (χ1v) is 9.96. The van der Waals surface area contributed by atoms with Crippen LogP contribution in [0.25, 0.3) is 0 Å². The number of thioether (sulfide) groups is 1. The van der Waals surface area contributed by atoms with Gasteiger partial charge in [-0.25, -0.2) is 4.99 Å². The van der Waals surface area contributed by atoms with Gasteiger partial charge >= 0.3 is 6.18 Å². The summed E-state index contributed by atoms with van der Waals surface area (Å²) in [6, 6.07) is 5.29. The smallest absolute Gasteiger partial charge is 0.268 e. The average molecular weight is 395 g/mol. The van der Waals surface area contributed by atoms with E-state index in [1.54, 1.807) is 0 Å². The highest BCUT2D eigenvalue weighted by atomic mass is 32.2. The van der Waals surface area contributed by atoms with E-state index in [2.05, 4.69) is 10.1 Å². The molecule has 144 valence electrons. The number of nitrogens with zero attached hydrogens (tertiary/aromatic N) is 2. The third-order valence-corrected chi connectivity index (χ3v) is 6.41. The Morgan fingerprint density at radius 1 is 1.15 bits per heavy atom. The molecule has 4 nitrogen and oxygen atoms in total. The number of nitrogens with one attached hydrogen (secondary N) is 1. The van der Waals surface area contributed by atoms with Gasteiger partial charge < -0.3 is 0 Å². The first-order chi connectivity index (χ1) is 12.8. The summed E-state index contributed by atoms with van der Waals surface area (Å²) in [6.07, 6.45) is 1.09. The Balaban J connectivity index is 1.75. The second-order valence-electron chi connectivity index (χ2n) is 7.09. The molecule has 2 heterocycles. The molecule has 1 fully saturated rings. The molecule has 8 heteroatoms.